The highest BCUT2D eigenvalue weighted by molar-refractivity contribution is 5.66. The molecule has 2 fully saturated rings. The highest BCUT2D eigenvalue weighted by Gasteiger charge is 2.53. The monoisotopic (exact) mass is 690 g/mol. The van der Waals surface area contributed by atoms with Gasteiger partial charge in [0, 0.05) is 6.92 Å². The van der Waals surface area contributed by atoms with Crippen molar-refractivity contribution in [3.05, 3.63) is 120 Å². The topological polar surface area (TPSA) is 111 Å². The van der Waals surface area contributed by atoms with Crippen LogP contribution in [0.25, 0.3) is 0 Å². The van der Waals surface area contributed by atoms with E-state index in [1.807, 2.05) is 104 Å². The van der Waals surface area contributed by atoms with Crippen LogP contribution in [0.5, 0.6) is 0 Å². The molecule has 0 spiro atoms. The Bertz CT molecular complexity index is 1420. The summed E-state index contributed by atoms with van der Waals surface area (Å²) in [6.07, 6.45) is -5.36. The Morgan fingerprint density at radius 1 is 0.680 bits per heavy atom. The third-order valence-corrected chi connectivity index (χ3v) is 8.76. The average Bonchev–Trinajstić information content (AvgIpc) is 3.12. The Morgan fingerprint density at radius 2 is 1.16 bits per heavy atom. The molecule has 3 aromatic rings. The summed E-state index contributed by atoms with van der Waals surface area (Å²) in [5.41, 5.74) is 2.88. The Morgan fingerprint density at radius 3 is 1.68 bits per heavy atom. The molecule has 0 aromatic heterocycles. The third kappa shape index (κ3) is 10.5. The Hall–Kier alpha value is -3.45. The number of esters is 1. The molecule has 3 aromatic carbocycles. The van der Waals surface area contributed by atoms with Crippen LogP contribution in [0.1, 0.15) is 50.3 Å². The standard InChI is InChI=1S/C40H50O10/c1-5-6-16-23-43-39-38(50-40-36(49-29(4)41)33(42)34(27(2)48-40)44-24-30-17-10-7-11-18-30)37(46-26-32-21-14-9-15-22-32)35(28(3)47-39)45-25-31-19-12-8-13-20-31/h5,7-15,17-22,27-28,33-40,42H,1,6,16,23-26H2,2-4H3/t27-,28-,33+,34-,35-,36+,37+,38+,39+,40-/m0/s1. The summed E-state index contributed by atoms with van der Waals surface area (Å²) in [6, 6.07) is 29.3. The zero-order chi connectivity index (χ0) is 35.3. The zero-order valence-electron chi connectivity index (χ0n) is 29.1. The molecule has 0 saturated carbocycles. The molecule has 10 nitrogen and oxygen atoms in total. The number of aliphatic hydroxyl groups is 1. The highest BCUT2D eigenvalue weighted by atomic mass is 16.8. The van der Waals surface area contributed by atoms with Crippen molar-refractivity contribution in [2.45, 2.75) is 115 Å². The fraction of sp³-hybridized carbons (Fsp3) is 0.475. The van der Waals surface area contributed by atoms with Crippen molar-refractivity contribution in [1.82, 2.24) is 0 Å². The summed E-state index contributed by atoms with van der Waals surface area (Å²) in [7, 11) is 0. The van der Waals surface area contributed by atoms with E-state index in [1.165, 1.54) is 6.92 Å². The smallest absolute Gasteiger partial charge is 0.303 e. The second-order valence-corrected chi connectivity index (χ2v) is 12.7. The molecule has 2 heterocycles. The van der Waals surface area contributed by atoms with Gasteiger partial charge in [0.1, 0.15) is 30.5 Å². The van der Waals surface area contributed by atoms with Crippen LogP contribution in [0.4, 0.5) is 0 Å². The van der Waals surface area contributed by atoms with Crippen LogP contribution in [0.15, 0.2) is 104 Å². The van der Waals surface area contributed by atoms with Gasteiger partial charge in [-0.05, 0) is 43.4 Å². The third-order valence-electron chi connectivity index (χ3n) is 8.76. The number of carbonyl (C=O) groups excluding carboxylic acids is 1. The van der Waals surface area contributed by atoms with E-state index in [0.717, 1.165) is 29.5 Å². The molecular weight excluding hydrogens is 640 g/mol. The number of aliphatic hydroxyl groups excluding tert-OH is 1. The molecule has 270 valence electrons. The van der Waals surface area contributed by atoms with Crippen molar-refractivity contribution in [2.24, 2.45) is 0 Å². The van der Waals surface area contributed by atoms with Gasteiger partial charge in [-0.2, -0.15) is 0 Å². The van der Waals surface area contributed by atoms with Crippen molar-refractivity contribution in [2.75, 3.05) is 6.61 Å². The number of hydrogen-bond donors (Lipinski definition) is 1. The van der Waals surface area contributed by atoms with Crippen LogP contribution in [0.3, 0.4) is 0 Å². The van der Waals surface area contributed by atoms with Gasteiger partial charge in [0.15, 0.2) is 18.7 Å². The van der Waals surface area contributed by atoms with E-state index < -0.39 is 67.4 Å². The normalized spacial score (nSPS) is 29.7. The van der Waals surface area contributed by atoms with Crippen molar-refractivity contribution >= 4 is 5.97 Å². The van der Waals surface area contributed by atoms with Gasteiger partial charge in [-0.25, -0.2) is 0 Å². The molecule has 2 saturated heterocycles. The van der Waals surface area contributed by atoms with Gasteiger partial charge in [0.05, 0.1) is 38.6 Å². The van der Waals surface area contributed by atoms with E-state index in [4.69, 9.17) is 37.9 Å². The first-order chi connectivity index (χ1) is 24.3. The summed E-state index contributed by atoms with van der Waals surface area (Å²) in [4.78, 5) is 12.4. The SMILES string of the molecule is C=CCCCO[C@@H]1O[C@@H](C)[C@H](OCc2ccccc2)[C@@H](OCc2ccccc2)[C@H]1O[C@@H]1O[C@@H](C)[C@H](OCc2ccccc2)[C@@H](O)[C@H]1OC(C)=O. The van der Waals surface area contributed by atoms with Gasteiger partial charge >= 0.3 is 5.97 Å². The first-order valence-corrected chi connectivity index (χ1v) is 17.3. The van der Waals surface area contributed by atoms with Gasteiger partial charge < -0.3 is 43.0 Å². The first-order valence-electron chi connectivity index (χ1n) is 17.3. The predicted molar refractivity (Wildman–Crippen MR) is 186 cm³/mol. The lowest BCUT2D eigenvalue weighted by Crippen LogP contribution is -2.65. The van der Waals surface area contributed by atoms with E-state index in [9.17, 15) is 9.90 Å². The second kappa shape index (κ2) is 19.2. The van der Waals surface area contributed by atoms with Crippen molar-refractivity contribution in [3.8, 4) is 0 Å². The molecule has 10 heteroatoms. The van der Waals surface area contributed by atoms with Gasteiger partial charge in [-0.3, -0.25) is 4.79 Å². The maximum absolute atomic E-state index is 12.4. The second-order valence-electron chi connectivity index (χ2n) is 12.7. The van der Waals surface area contributed by atoms with Crippen molar-refractivity contribution in [1.29, 1.82) is 0 Å². The van der Waals surface area contributed by atoms with E-state index >= 15 is 0 Å². The lowest BCUT2D eigenvalue weighted by atomic mass is 9.97. The van der Waals surface area contributed by atoms with Crippen LogP contribution in [0.2, 0.25) is 0 Å². The summed E-state index contributed by atoms with van der Waals surface area (Å²) in [6.45, 7) is 9.98. The summed E-state index contributed by atoms with van der Waals surface area (Å²) in [5.74, 6) is -0.602. The molecule has 0 unspecified atom stereocenters. The molecule has 10 atom stereocenters. The molecule has 2 aliphatic rings. The van der Waals surface area contributed by atoms with E-state index in [2.05, 4.69) is 6.58 Å². The fourth-order valence-corrected chi connectivity index (χ4v) is 6.21. The number of allylic oxidation sites excluding steroid dienone is 1. The molecule has 2 aliphatic heterocycles. The zero-order valence-corrected chi connectivity index (χ0v) is 29.1. The summed E-state index contributed by atoms with van der Waals surface area (Å²) < 4.78 is 50.8. The van der Waals surface area contributed by atoms with Gasteiger partial charge in [0.25, 0.3) is 0 Å². The highest BCUT2D eigenvalue weighted by Crippen LogP contribution is 2.35. The Balaban J connectivity index is 1.42. The molecule has 1 N–H and O–H groups in total. The fourth-order valence-electron chi connectivity index (χ4n) is 6.21. The first kappa shape index (κ1) is 37.8. The van der Waals surface area contributed by atoms with Crippen molar-refractivity contribution in [3.63, 3.8) is 0 Å². The Labute approximate surface area is 295 Å². The van der Waals surface area contributed by atoms with E-state index in [0.29, 0.717) is 13.2 Å². The van der Waals surface area contributed by atoms with Crippen LogP contribution in [-0.4, -0.2) is 79.1 Å². The van der Waals surface area contributed by atoms with Gasteiger partial charge in [0.2, 0.25) is 0 Å². The number of rotatable bonds is 17. The molecule has 50 heavy (non-hydrogen) atoms. The quantitative estimate of drug-likeness (QED) is 0.105. The number of ether oxygens (including phenoxy) is 8. The Kier molecular flexibility index (Phi) is 14.5. The minimum atomic E-state index is -1.26. The van der Waals surface area contributed by atoms with E-state index in [-0.39, 0.29) is 13.2 Å². The van der Waals surface area contributed by atoms with Crippen molar-refractivity contribution < 1.29 is 47.8 Å². The number of hydrogen-bond acceptors (Lipinski definition) is 10. The average molecular weight is 691 g/mol. The van der Waals surface area contributed by atoms with Gasteiger partial charge in [-0.1, -0.05) is 97.1 Å². The molecule has 0 radical (unpaired) electrons. The molecule has 0 aliphatic carbocycles. The van der Waals surface area contributed by atoms with Crippen LogP contribution >= 0.6 is 0 Å². The lowest BCUT2D eigenvalue weighted by molar-refractivity contribution is -0.371. The maximum atomic E-state index is 12.4. The summed E-state index contributed by atoms with van der Waals surface area (Å²) in [5, 5.41) is 11.6. The van der Waals surface area contributed by atoms with Crippen LogP contribution in [-0.2, 0) is 62.5 Å². The number of carbonyl (C=O) groups is 1. The lowest BCUT2D eigenvalue weighted by Gasteiger charge is -2.48. The van der Waals surface area contributed by atoms with Crippen LogP contribution < -0.4 is 0 Å². The minimum absolute atomic E-state index is 0.236. The number of unbranched alkanes of at least 4 members (excludes halogenated alkanes) is 1. The number of benzene rings is 3. The van der Waals surface area contributed by atoms with Gasteiger partial charge in [-0.15, -0.1) is 6.58 Å². The molecule has 5 rings (SSSR count). The largest absolute Gasteiger partial charge is 0.454 e. The van der Waals surface area contributed by atoms with E-state index in [1.54, 1.807) is 6.92 Å². The molecule has 0 bridgehead atoms. The molecule has 0 amide bonds. The maximum Gasteiger partial charge on any atom is 0.303 e. The molecular formula is C40H50O10. The predicted octanol–water partition coefficient (Wildman–Crippen LogP) is 5.89. The van der Waals surface area contributed by atoms with Crippen LogP contribution in [0, 0.1) is 0 Å². The summed E-state index contributed by atoms with van der Waals surface area (Å²) >= 11 is 0. The minimum Gasteiger partial charge on any atom is -0.454 e.